The smallest absolute Gasteiger partial charge is 0.408 e. The quantitative estimate of drug-likeness (QED) is 0.126. The fraction of sp³-hybridized carbons (Fsp3) is 0.579. The topological polar surface area (TPSA) is 232 Å². The minimum atomic E-state index is -2.32. The average molecular weight is 1200 g/mol. The Morgan fingerprint density at radius 3 is 2.20 bits per heavy atom. The molecule has 6 N–H and O–H groups in total. The number of aliphatic hydroxyl groups is 5. The van der Waals surface area contributed by atoms with E-state index in [-0.39, 0.29) is 124 Å². The van der Waals surface area contributed by atoms with Gasteiger partial charge in [-0.25, -0.2) is 14.4 Å². The average Bonchev–Trinajstić information content (AvgIpc) is 3.64. The van der Waals surface area contributed by atoms with Gasteiger partial charge in [0.2, 0.25) is 0 Å². The number of benzene rings is 1. The number of alkyl carbamates (subject to hydrolysis) is 1. The van der Waals surface area contributed by atoms with Crippen LogP contribution in [0.15, 0.2) is 64.3 Å². The van der Waals surface area contributed by atoms with Crippen molar-refractivity contribution in [1.82, 2.24) is 5.32 Å². The SMILES string of the molecule is CC1=C2[C@@H](O)C(=O)[C@@]3(C)[C@H]([C@H](OC(=O)c4ccccc4)[C@](O)(C[C@@H]1OC(=O)[C@H](O)[C@@H](NC(=O)OC(C)C)c1ccco1)C2(C)C)[C@]1(O)CO[C@@H]1C[C@@H]3O.[Ac].[Ac]. The van der Waals surface area contributed by atoms with Crippen LogP contribution < -0.4 is 5.32 Å². The zero-order chi connectivity index (χ0) is 38.8. The van der Waals surface area contributed by atoms with Crippen LogP contribution in [0, 0.1) is 105 Å². The molecule has 3 aliphatic carbocycles. The number of nitrogens with one attached hydrogen (secondary N) is 1. The number of Topliss-reactive ketones (excluding diaryl/α,β-unsaturated/α-hetero) is 1. The summed E-state index contributed by atoms with van der Waals surface area (Å²) < 4.78 is 28.2. The molecule has 4 aliphatic rings. The van der Waals surface area contributed by atoms with Crippen molar-refractivity contribution in [3.05, 3.63) is 71.2 Å². The number of amides is 1. The van der Waals surface area contributed by atoms with Crippen LogP contribution in [0.5, 0.6) is 0 Å². The summed E-state index contributed by atoms with van der Waals surface area (Å²) in [6.07, 6.45) is -10.7. The van der Waals surface area contributed by atoms with Crippen molar-refractivity contribution >= 4 is 23.8 Å². The molecule has 0 spiro atoms. The first-order valence-electron chi connectivity index (χ1n) is 17.6. The molecule has 0 unspecified atom stereocenters. The predicted octanol–water partition coefficient (Wildman–Crippen LogP) is 1.89. The first-order valence-corrected chi connectivity index (χ1v) is 17.6. The van der Waals surface area contributed by atoms with Gasteiger partial charge in [-0.1, -0.05) is 32.0 Å². The third-order valence-corrected chi connectivity index (χ3v) is 11.9. The molecule has 1 aliphatic heterocycles. The Kier molecular flexibility index (Phi) is 14.5. The van der Waals surface area contributed by atoms with Crippen LogP contribution in [0.4, 0.5) is 4.79 Å². The fourth-order valence-electron chi connectivity index (χ4n) is 8.87. The van der Waals surface area contributed by atoms with Crippen molar-refractivity contribution in [2.45, 2.75) is 114 Å². The number of carbonyl (C=O) groups is 4. The first kappa shape index (κ1) is 46.5. The summed E-state index contributed by atoms with van der Waals surface area (Å²) >= 11 is 0. The number of hydrogen-bond donors (Lipinski definition) is 6. The van der Waals surface area contributed by atoms with E-state index >= 15 is 0 Å². The Balaban J connectivity index is 0.00000336. The number of ketones is 1. The van der Waals surface area contributed by atoms with E-state index in [1.54, 1.807) is 32.0 Å². The van der Waals surface area contributed by atoms with Crippen LogP contribution >= 0.6 is 0 Å². The van der Waals surface area contributed by atoms with Gasteiger partial charge in [0, 0.05) is 112 Å². The van der Waals surface area contributed by atoms with E-state index in [0.29, 0.717) is 0 Å². The summed E-state index contributed by atoms with van der Waals surface area (Å²) in [6, 6.07) is 9.27. The van der Waals surface area contributed by atoms with E-state index in [1.807, 2.05) is 0 Å². The summed E-state index contributed by atoms with van der Waals surface area (Å²) in [5, 5.41) is 62.6. The standard InChI is InChI=1S/C38H47NO14.2Ac/c1-18(2)51-34(46)39-26(21-13-10-14-49-21)28(42)33(45)52-22-16-38(48)31(53-32(44)20-11-8-7-9-12-20)29-36(6,23(40)15-24-37(29,47)17-50-24)30(43)27(41)25(19(22)3)35(38,4)5;;/h7-14,18,22-24,26-29,31,40-42,47-48H,15-17H2,1-6H3,(H,39,46);;/t22-,23-,24+,26-,27+,28+,29-,31-,36+,37-,38+;;/m0../s1. The number of fused-ring (bicyclic) bond motifs is 5. The van der Waals surface area contributed by atoms with Gasteiger partial charge in [-0.15, -0.1) is 0 Å². The van der Waals surface area contributed by atoms with E-state index in [4.69, 9.17) is 23.4 Å². The number of rotatable bonds is 8. The van der Waals surface area contributed by atoms with Gasteiger partial charge in [-0.3, -0.25) is 4.79 Å². The summed E-state index contributed by atoms with van der Waals surface area (Å²) in [4.78, 5) is 54.8. The van der Waals surface area contributed by atoms with Gasteiger partial charge >= 0.3 is 18.0 Å². The second-order valence-electron chi connectivity index (χ2n) is 15.6. The maximum absolute atomic E-state index is 14.6. The molecule has 2 bridgehead atoms. The van der Waals surface area contributed by atoms with Crippen molar-refractivity contribution in [3.8, 4) is 0 Å². The Labute approximate surface area is 390 Å². The number of furan rings is 1. The van der Waals surface area contributed by atoms with Gasteiger partial charge in [-0.2, -0.15) is 0 Å². The summed E-state index contributed by atoms with van der Waals surface area (Å²) in [6.45, 7) is 8.83. The van der Waals surface area contributed by atoms with E-state index in [2.05, 4.69) is 5.32 Å². The van der Waals surface area contributed by atoms with Crippen LogP contribution in [0.2, 0.25) is 0 Å². The fourth-order valence-corrected chi connectivity index (χ4v) is 8.87. The van der Waals surface area contributed by atoms with Crippen LogP contribution in [0.25, 0.3) is 0 Å². The van der Waals surface area contributed by atoms with E-state index in [9.17, 15) is 44.7 Å². The molecule has 17 heteroatoms. The molecule has 2 heterocycles. The Hall–Kier alpha value is -1.24. The van der Waals surface area contributed by atoms with E-state index < -0.39 is 107 Å². The molecule has 15 nitrogen and oxygen atoms in total. The summed E-state index contributed by atoms with van der Waals surface area (Å²) in [5.41, 5.74) is -7.60. The van der Waals surface area contributed by atoms with Crippen LogP contribution in [-0.4, -0.2) is 110 Å². The largest absolute Gasteiger partial charge is 0.467 e. The van der Waals surface area contributed by atoms with Crippen LogP contribution in [0.1, 0.15) is 76.5 Å². The maximum Gasteiger partial charge on any atom is 0.408 e. The Morgan fingerprint density at radius 2 is 1.64 bits per heavy atom. The number of hydrogen-bond acceptors (Lipinski definition) is 14. The third kappa shape index (κ3) is 7.83. The second kappa shape index (κ2) is 17.2. The molecule has 1 saturated heterocycles. The second-order valence-corrected chi connectivity index (χ2v) is 15.6. The molecular weight excluding hydrogens is 1150 g/mol. The molecule has 3 fully saturated rings. The van der Waals surface area contributed by atoms with Gasteiger partial charge in [0.15, 0.2) is 11.9 Å². The number of aliphatic hydroxyl groups excluding tert-OH is 3. The van der Waals surface area contributed by atoms with E-state index in [0.717, 1.165) is 0 Å². The van der Waals surface area contributed by atoms with Crippen LogP contribution in [-0.2, 0) is 28.5 Å². The number of ether oxygens (including phenoxy) is 4. The molecule has 1 aromatic carbocycles. The molecule has 294 valence electrons. The minimum absolute atomic E-state index is 0. The van der Waals surface area contributed by atoms with Crippen LogP contribution in [0.3, 0.4) is 0 Å². The molecule has 55 heavy (non-hydrogen) atoms. The summed E-state index contributed by atoms with van der Waals surface area (Å²) in [5.74, 6) is -4.63. The monoisotopic (exact) mass is 1200 g/mol. The minimum Gasteiger partial charge on any atom is -0.467 e. The third-order valence-electron chi connectivity index (χ3n) is 11.9. The molecule has 6 rings (SSSR count). The van der Waals surface area contributed by atoms with E-state index in [1.165, 1.54) is 58.2 Å². The zero-order valence-electron chi connectivity index (χ0n) is 31.5. The maximum atomic E-state index is 14.6. The van der Waals surface area contributed by atoms with Crippen molar-refractivity contribution in [2.75, 3.05) is 6.61 Å². The number of esters is 2. The van der Waals surface area contributed by atoms with Gasteiger partial charge in [0.05, 0.1) is 42.2 Å². The van der Waals surface area contributed by atoms with Gasteiger partial charge in [0.1, 0.15) is 41.3 Å². The number of carbonyl (C=O) groups excluding carboxylic acids is 4. The molecular formula is C38H47Ac2NO14. The molecule has 11 atom stereocenters. The van der Waals surface area contributed by atoms with Crippen molar-refractivity contribution < 1.29 is 156 Å². The Bertz CT molecular complexity index is 1790. The van der Waals surface area contributed by atoms with Gasteiger partial charge < -0.3 is 54.2 Å². The Morgan fingerprint density at radius 1 is 0.982 bits per heavy atom. The van der Waals surface area contributed by atoms with Crippen molar-refractivity contribution in [3.63, 3.8) is 0 Å². The zero-order valence-corrected chi connectivity index (χ0v) is 41.0. The van der Waals surface area contributed by atoms with Gasteiger partial charge in [0.25, 0.3) is 0 Å². The van der Waals surface area contributed by atoms with Crippen molar-refractivity contribution in [2.24, 2.45) is 16.7 Å². The predicted molar refractivity (Wildman–Crippen MR) is 182 cm³/mol. The summed E-state index contributed by atoms with van der Waals surface area (Å²) in [7, 11) is 0. The van der Waals surface area contributed by atoms with Gasteiger partial charge in [-0.05, 0) is 63.1 Å². The molecule has 2 saturated carbocycles. The first-order chi connectivity index (χ1) is 24.8. The molecule has 1 aromatic heterocycles. The molecule has 1 amide bonds. The normalized spacial score (nSPS) is 34.4. The molecule has 2 radical (unpaired) electrons. The molecule has 2 aromatic rings. The van der Waals surface area contributed by atoms with Crippen molar-refractivity contribution in [1.29, 1.82) is 0 Å².